The second-order valence-electron chi connectivity index (χ2n) is 7.43. The van der Waals surface area contributed by atoms with Crippen LogP contribution in [0.15, 0.2) is 0 Å². The number of hydrogen-bond donors (Lipinski definition) is 1. The van der Waals surface area contributed by atoms with E-state index in [0.29, 0.717) is 31.5 Å². The number of piperidine rings is 1. The van der Waals surface area contributed by atoms with E-state index in [0.717, 1.165) is 25.2 Å². The molecule has 4 unspecified atom stereocenters. The van der Waals surface area contributed by atoms with Crippen LogP contribution in [0.1, 0.15) is 44.9 Å². The van der Waals surface area contributed by atoms with Gasteiger partial charge in [-0.2, -0.15) is 0 Å². The Labute approximate surface area is 122 Å². The molecule has 0 aromatic carbocycles. The van der Waals surface area contributed by atoms with E-state index in [1.54, 1.807) is 4.31 Å². The molecule has 1 N–H and O–H groups in total. The molecule has 1 saturated heterocycles. The monoisotopic (exact) mass is 301 g/mol. The minimum Gasteiger partial charge on any atom is -0.396 e. The van der Waals surface area contributed by atoms with E-state index < -0.39 is 10.0 Å². The van der Waals surface area contributed by atoms with Crippen molar-refractivity contribution >= 4 is 10.0 Å². The Hall–Kier alpha value is -0.130. The number of aliphatic hydroxyl groups excluding tert-OH is 1. The third-order valence-corrected chi connectivity index (χ3v) is 7.33. The Morgan fingerprint density at radius 2 is 2.10 bits per heavy atom. The van der Waals surface area contributed by atoms with Crippen LogP contribution in [0.4, 0.5) is 0 Å². The van der Waals surface area contributed by atoms with Crippen LogP contribution in [-0.4, -0.2) is 43.8 Å². The van der Waals surface area contributed by atoms with Gasteiger partial charge in [0.15, 0.2) is 0 Å². The molecule has 3 rings (SSSR count). The number of nitrogens with zero attached hydrogens (tertiary/aromatic N) is 1. The van der Waals surface area contributed by atoms with Crippen molar-refractivity contribution in [3.63, 3.8) is 0 Å². The lowest BCUT2D eigenvalue weighted by Crippen LogP contribution is -2.42. The molecular weight excluding hydrogens is 274 g/mol. The summed E-state index contributed by atoms with van der Waals surface area (Å²) in [6, 6.07) is 0. The summed E-state index contributed by atoms with van der Waals surface area (Å²) < 4.78 is 25.1. The van der Waals surface area contributed by atoms with Crippen molar-refractivity contribution in [3.05, 3.63) is 0 Å². The van der Waals surface area contributed by atoms with Gasteiger partial charge in [0.25, 0.3) is 0 Å². The molecule has 3 aliphatic rings. The standard InChI is InChI=1S/C15H27NO3S/c1-20(18,19)16-6-2-3-13(10-16)9-15(11-17)8-12-4-5-14(15)7-12/h12-14,17H,2-11H2,1H3. The average Bonchev–Trinajstić information content (AvgIpc) is 2.99. The van der Waals surface area contributed by atoms with Gasteiger partial charge in [-0.15, -0.1) is 0 Å². The van der Waals surface area contributed by atoms with Crippen LogP contribution >= 0.6 is 0 Å². The van der Waals surface area contributed by atoms with Crippen LogP contribution in [0.25, 0.3) is 0 Å². The van der Waals surface area contributed by atoms with E-state index in [1.165, 1.54) is 31.9 Å². The fourth-order valence-corrected chi connectivity index (χ4v) is 6.08. The van der Waals surface area contributed by atoms with E-state index in [-0.39, 0.29) is 5.41 Å². The third kappa shape index (κ3) is 2.64. The van der Waals surface area contributed by atoms with Crippen molar-refractivity contribution in [3.8, 4) is 0 Å². The van der Waals surface area contributed by atoms with E-state index in [9.17, 15) is 13.5 Å². The number of hydrogen-bond acceptors (Lipinski definition) is 3. The molecule has 20 heavy (non-hydrogen) atoms. The molecule has 116 valence electrons. The first-order valence-corrected chi connectivity index (χ1v) is 9.84. The highest BCUT2D eigenvalue weighted by molar-refractivity contribution is 7.88. The lowest BCUT2D eigenvalue weighted by molar-refractivity contribution is 0.0309. The maximum absolute atomic E-state index is 11.7. The summed E-state index contributed by atoms with van der Waals surface area (Å²) in [6.45, 7) is 1.63. The zero-order chi connectivity index (χ0) is 14.4. The largest absolute Gasteiger partial charge is 0.396 e. The lowest BCUT2D eigenvalue weighted by Gasteiger charge is -2.41. The van der Waals surface area contributed by atoms with Crippen LogP contribution in [0.3, 0.4) is 0 Å². The lowest BCUT2D eigenvalue weighted by atomic mass is 9.67. The quantitative estimate of drug-likeness (QED) is 0.862. The van der Waals surface area contributed by atoms with Crippen LogP contribution < -0.4 is 0 Å². The second kappa shape index (κ2) is 5.25. The van der Waals surface area contributed by atoms with Crippen molar-refractivity contribution in [2.75, 3.05) is 26.0 Å². The molecule has 2 saturated carbocycles. The van der Waals surface area contributed by atoms with Crippen molar-refractivity contribution in [1.29, 1.82) is 0 Å². The minimum absolute atomic E-state index is 0.105. The molecule has 0 amide bonds. The summed E-state index contributed by atoms with van der Waals surface area (Å²) in [5.41, 5.74) is 0.105. The molecule has 2 bridgehead atoms. The SMILES string of the molecule is CS(=O)(=O)N1CCCC(CC2(CO)CC3CCC2C3)C1. The summed E-state index contributed by atoms with van der Waals surface area (Å²) in [5, 5.41) is 9.96. The summed E-state index contributed by atoms with van der Waals surface area (Å²) in [7, 11) is -3.06. The zero-order valence-corrected chi connectivity index (χ0v) is 13.2. The minimum atomic E-state index is -3.06. The fourth-order valence-electron chi connectivity index (χ4n) is 5.14. The molecule has 4 atom stereocenters. The average molecular weight is 301 g/mol. The van der Waals surface area contributed by atoms with Gasteiger partial charge in [-0.3, -0.25) is 0 Å². The highest BCUT2D eigenvalue weighted by Gasteiger charge is 2.51. The Morgan fingerprint density at radius 3 is 2.65 bits per heavy atom. The molecule has 2 aliphatic carbocycles. The van der Waals surface area contributed by atoms with E-state index in [2.05, 4.69) is 0 Å². The first-order chi connectivity index (χ1) is 9.43. The smallest absolute Gasteiger partial charge is 0.211 e. The summed E-state index contributed by atoms with van der Waals surface area (Å²) >= 11 is 0. The zero-order valence-electron chi connectivity index (χ0n) is 12.4. The number of sulfonamides is 1. The molecule has 0 aromatic rings. The van der Waals surface area contributed by atoms with Gasteiger partial charge in [0.05, 0.1) is 6.26 Å². The van der Waals surface area contributed by atoms with Crippen molar-refractivity contribution in [2.24, 2.45) is 23.2 Å². The molecule has 1 aliphatic heterocycles. The van der Waals surface area contributed by atoms with Gasteiger partial charge in [0, 0.05) is 19.7 Å². The summed E-state index contributed by atoms with van der Waals surface area (Å²) in [5.74, 6) is 1.94. The van der Waals surface area contributed by atoms with Gasteiger partial charge in [-0.05, 0) is 61.7 Å². The van der Waals surface area contributed by atoms with Crippen LogP contribution in [0.2, 0.25) is 0 Å². The Kier molecular flexibility index (Phi) is 3.89. The predicted molar refractivity (Wildman–Crippen MR) is 78.7 cm³/mol. The molecular formula is C15H27NO3S. The van der Waals surface area contributed by atoms with Gasteiger partial charge in [-0.1, -0.05) is 6.42 Å². The van der Waals surface area contributed by atoms with E-state index in [4.69, 9.17) is 0 Å². The molecule has 3 fully saturated rings. The number of fused-ring (bicyclic) bond motifs is 2. The Morgan fingerprint density at radius 1 is 1.30 bits per heavy atom. The molecule has 5 heteroatoms. The molecule has 0 spiro atoms. The van der Waals surface area contributed by atoms with E-state index in [1.807, 2.05) is 0 Å². The Bertz CT molecular complexity index is 464. The molecule has 0 radical (unpaired) electrons. The van der Waals surface area contributed by atoms with E-state index >= 15 is 0 Å². The first kappa shape index (κ1) is 14.8. The van der Waals surface area contributed by atoms with Crippen LogP contribution in [0, 0.1) is 23.2 Å². The fraction of sp³-hybridized carbons (Fsp3) is 1.00. The number of aliphatic hydroxyl groups is 1. The summed E-state index contributed by atoms with van der Waals surface area (Å²) in [6.07, 6.45) is 9.50. The van der Waals surface area contributed by atoms with Gasteiger partial charge >= 0.3 is 0 Å². The van der Waals surface area contributed by atoms with Gasteiger partial charge in [-0.25, -0.2) is 12.7 Å². The maximum Gasteiger partial charge on any atom is 0.211 e. The molecule has 1 heterocycles. The van der Waals surface area contributed by atoms with Crippen molar-refractivity contribution in [1.82, 2.24) is 4.31 Å². The van der Waals surface area contributed by atoms with Crippen LogP contribution in [-0.2, 0) is 10.0 Å². The Balaban J connectivity index is 1.68. The van der Waals surface area contributed by atoms with Crippen molar-refractivity contribution < 1.29 is 13.5 Å². The predicted octanol–water partition coefficient (Wildman–Crippen LogP) is 1.85. The third-order valence-electron chi connectivity index (χ3n) is 6.06. The molecule has 0 aromatic heterocycles. The topological polar surface area (TPSA) is 57.6 Å². The summed E-state index contributed by atoms with van der Waals surface area (Å²) in [4.78, 5) is 0. The maximum atomic E-state index is 11.7. The number of rotatable bonds is 4. The second-order valence-corrected chi connectivity index (χ2v) is 9.42. The van der Waals surface area contributed by atoms with Crippen molar-refractivity contribution in [2.45, 2.75) is 44.9 Å². The van der Waals surface area contributed by atoms with Gasteiger partial charge < -0.3 is 5.11 Å². The normalized spacial score (nSPS) is 42.2. The molecule has 4 nitrogen and oxygen atoms in total. The van der Waals surface area contributed by atoms with Gasteiger partial charge in [0.2, 0.25) is 10.0 Å². The first-order valence-electron chi connectivity index (χ1n) is 7.99. The van der Waals surface area contributed by atoms with Crippen LogP contribution in [0.5, 0.6) is 0 Å². The highest BCUT2D eigenvalue weighted by atomic mass is 32.2. The highest BCUT2D eigenvalue weighted by Crippen LogP contribution is 2.58. The van der Waals surface area contributed by atoms with Gasteiger partial charge in [0.1, 0.15) is 0 Å².